The molecule has 1 aliphatic heterocycles. The highest BCUT2D eigenvalue weighted by atomic mass is 16.5. The zero-order valence-corrected chi connectivity index (χ0v) is 14.3. The van der Waals surface area contributed by atoms with Gasteiger partial charge < -0.3 is 14.6 Å². The number of rotatable bonds is 7. The maximum atomic E-state index is 12.4. The molecule has 0 saturated carbocycles. The predicted octanol–water partition coefficient (Wildman–Crippen LogP) is 2.55. The fourth-order valence-electron chi connectivity index (χ4n) is 2.52. The van der Waals surface area contributed by atoms with Crippen LogP contribution in [0, 0.1) is 0 Å². The predicted molar refractivity (Wildman–Crippen MR) is 83.4 cm³/mol. The van der Waals surface area contributed by atoms with E-state index in [-0.39, 0.29) is 24.5 Å². The normalized spacial score (nSPS) is 26.1. The van der Waals surface area contributed by atoms with E-state index < -0.39 is 11.2 Å². The molecular formula is C17H28O5. The van der Waals surface area contributed by atoms with Gasteiger partial charge in [-0.05, 0) is 53.0 Å². The minimum absolute atomic E-state index is 0.0551. The number of hydrogen-bond acceptors (Lipinski definition) is 5. The van der Waals surface area contributed by atoms with Crippen molar-refractivity contribution in [2.45, 2.75) is 77.6 Å². The van der Waals surface area contributed by atoms with Gasteiger partial charge in [-0.25, -0.2) is 0 Å². The number of carbonyl (C=O) groups is 2. The SMILES string of the molecule is CC(=O)OC/C=C(\C)CCC(=O)[C@]1(C)CC[C@H](C(C)(C)O)O1. The lowest BCUT2D eigenvalue weighted by atomic mass is 9.91. The summed E-state index contributed by atoms with van der Waals surface area (Å²) < 4.78 is 10.7. The van der Waals surface area contributed by atoms with E-state index in [2.05, 4.69) is 0 Å². The molecule has 1 saturated heterocycles. The average Bonchev–Trinajstić information content (AvgIpc) is 2.79. The molecule has 22 heavy (non-hydrogen) atoms. The highest BCUT2D eigenvalue weighted by Gasteiger charge is 2.46. The van der Waals surface area contributed by atoms with Crippen molar-refractivity contribution in [1.82, 2.24) is 0 Å². The van der Waals surface area contributed by atoms with Crippen LogP contribution >= 0.6 is 0 Å². The second kappa shape index (κ2) is 7.38. The quantitative estimate of drug-likeness (QED) is 0.578. The molecule has 1 aliphatic rings. The highest BCUT2D eigenvalue weighted by Crippen LogP contribution is 2.36. The summed E-state index contributed by atoms with van der Waals surface area (Å²) >= 11 is 0. The van der Waals surface area contributed by atoms with E-state index >= 15 is 0 Å². The molecule has 0 bridgehead atoms. The summed E-state index contributed by atoms with van der Waals surface area (Å²) in [6.07, 6.45) is 3.83. The van der Waals surface area contributed by atoms with Gasteiger partial charge in [0, 0.05) is 13.3 Å². The van der Waals surface area contributed by atoms with Crippen LogP contribution in [0.5, 0.6) is 0 Å². The van der Waals surface area contributed by atoms with Crippen molar-refractivity contribution < 1.29 is 24.2 Å². The van der Waals surface area contributed by atoms with Gasteiger partial charge in [0.05, 0.1) is 11.7 Å². The number of Topliss-reactive ketones (excluding diaryl/α,β-unsaturated/α-hetero) is 1. The Morgan fingerprint density at radius 1 is 1.36 bits per heavy atom. The lowest BCUT2D eigenvalue weighted by molar-refractivity contribution is -0.152. The van der Waals surface area contributed by atoms with Crippen LogP contribution in [-0.2, 0) is 19.1 Å². The molecule has 0 aromatic rings. The fourth-order valence-corrected chi connectivity index (χ4v) is 2.52. The van der Waals surface area contributed by atoms with Gasteiger partial charge in [0.1, 0.15) is 12.2 Å². The second-order valence-corrected chi connectivity index (χ2v) is 6.81. The van der Waals surface area contributed by atoms with Crippen LogP contribution in [0.3, 0.4) is 0 Å². The van der Waals surface area contributed by atoms with E-state index in [1.165, 1.54) is 6.92 Å². The van der Waals surface area contributed by atoms with Gasteiger partial charge in [0.25, 0.3) is 0 Å². The van der Waals surface area contributed by atoms with Crippen LogP contribution in [0.2, 0.25) is 0 Å². The van der Waals surface area contributed by atoms with Crippen molar-refractivity contribution in [2.24, 2.45) is 0 Å². The fraction of sp³-hybridized carbons (Fsp3) is 0.765. The largest absolute Gasteiger partial charge is 0.462 e. The lowest BCUT2D eigenvalue weighted by Crippen LogP contribution is -2.41. The van der Waals surface area contributed by atoms with Gasteiger partial charge in [-0.2, -0.15) is 0 Å². The van der Waals surface area contributed by atoms with Crippen LogP contribution in [0.15, 0.2) is 11.6 Å². The number of ketones is 1. The van der Waals surface area contributed by atoms with E-state index in [1.54, 1.807) is 20.8 Å². The zero-order valence-electron chi connectivity index (χ0n) is 14.3. The van der Waals surface area contributed by atoms with Crippen LogP contribution in [-0.4, -0.2) is 40.8 Å². The van der Waals surface area contributed by atoms with Gasteiger partial charge in [-0.3, -0.25) is 9.59 Å². The Kier molecular flexibility index (Phi) is 6.32. The summed E-state index contributed by atoms with van der Waals surface area (Å²) in [6.45, 7) is 8.73. The minimum Gasteiger partial charge on any atom is -0.462 e. The smallest absolute Gasteiger partial charge is 0.302 e. The number of ether oxygens (including phenoxy) is 2. The van der Waals surface area contributed by atoms with Crippen molar-refractivity contribution in [3.8, 4) is 0 Å². The third kappa shape index (κ3) is 5.54. The third-order valence-electron chi connectivity index (χ3n) is 4.13. The Labute approximate surface area is 132 Å². The molecule has 1 fully saturated rings. The topological polar surface area (TPSA) is 72.8 Å². The van der Waals surface area contributed by atoms with Crippen LogP contribution in [0.4, 0.5) is 0 Å². The molecule has 2 atom stereocenters. The summed E-state index contributed by atoms with van der Waals surface area (Å²) in [7, 11) is 0. The molecule has 1 N–H and O–H groups in total. The van der Waals surface area contributed by atoms with Gasteiger partial charge in [-0.1, -0.05) is 5.57 Å². The van der Waals surface area contributed by atoms with Crippen LogP contribution in [0.1, 0.15) is 60.3 Å². The minimum atomic E-state index is -0.933. The number of hydrogen-bond donors (Lipinski definition) is 1. The van der Waals surface area contributed by atoms with E-state index in [9.17, 15) is 14.7 Å². The first kappa shape index (κ1) is 18.8. The monoisotopic (exact) mass is 312 g/mol. The van der Waals surface area contributed by atoms with E-state index in [4.69, 9.17) is 9.47 Å². The number of aliphatic hydroxyl groups is 1. The van der Waals surface area contributed by atoms with Crippen molar-refractivity contribution in [3.05, 3.63) is 11.6 Å². The maximum absolute atomic E-state index is 12.4. The standard InChI is InChI=1S/C17H28O5/c1-12(9-11-21-13(2)18)6-7-14(19)17(5)10-8-15(22-17)16(3,4)20/h9,15,20H,6-8,10-11H2,1-5H3/b12-9+/t15-,17+/m1/s1. The first-order chi connectivity index (χ1) is 10.0. The Bertz CT molecular complexity index is 446. The molecule has 0 aromatic heterocycles. The summed E-state index contributed by atoms with van der Waals surface area (Å²) in [4.78, 5) is 23.1. The Hall–Kier alpha value is -1.20. The van der Waals surface area contributed by atoms with Crippen molar-refractivity contribution in [3.63, 3.8) is 0 Å². The van der Waals surface area contributed by atoms with E-state index in [0.717, 1.165) is 5.57 Å². The molecular weight excluding hydrogens is 284 g/mol. The van der Waals surface area contributed by atoms with Crippen molar-refractivity contribution in [2.75, 3.05) is 6.61 Å². The van der Waals surface area contributed by atoms with E-state index in [0.29, 0.717) is 25.7 Å². The van der Waals surface area contributed by atoms with E-state index in [1.807, 2.05) is 13.0 Å². The van der Waals surface area contributed by atoms with Gasteiger partial charge in [0.15, 0.2) is 5.78 Å². The molecule has 126 valence electrons. The summed E-state index contributed by atoms with van der Waals surface area (Å²) in [5.74, 6) is -0.260. The molecule has 5 nitrogen and oxygen atoms in total. The third-order valence-corrected chi connectivity index (χ3v) is 4.13. The molecule has 5 heteroatoms. The summed E-state index contributed by atoms with van der Waals surface area (Å²) in [5.41, 5.74) is -0.728. The van der Waals surface area contributed by atoms with Crippen molar-refractivity contribution in [1.29, 1.82) is 0 Å². The molecule has 0 spiro atoms. The Morgan fingerprint density at radius 2 is 2.00 bits per heavy atom. The van der Waals surface area contributed by atoms with Gasteiger partial charge in [0.2, 0.25) is 0 Å². The molecule has 1 heterocycles. The molecule has 0 amide bonds. The highest BCUT2D eigenvalue weighted by molar-refractivity contribution is 5.87. The molecule has 1 rings (SSSR count). The average molecular weight is 312 g/mol. The first-order valence-electron chi connectivity index (χ1n) is 7.77. The molecule has 0 aliphatic carbocycles. The number of allylic oxidation sites excluding steroid dienone is 1. The van der Waals surface area contributed by atoms with Crippen LogP contribution < -0.4 is 0 Å². The zero-order chi connectivity index (χ0) is 17.0. The number of esters is 1. The Morgan fingerprint density at radius 3 is 2.50 bits per heavy atom. The molecule has 0 aromatic carbocycles. The summed E-state index contributed by atoms with van der Waals surface area (Å²) in [5, 5.41) is 10.0. The lowest BCUT2D eigenvalue weighted by Gasteiger charge is -2.29. The Balaban J connectivity index is 2.47. The first-order valence-corrected chi connectivity index (χ1v) is 7.77. The molecule has 0 unspecified atom stereocenters. The summed E-state index contributed by atoms with van der Waals surface area (Å²) in [6, 6.07) is 0. The maximum Gasteiger partial charge on any atom is 0.302 e. The molecule has 0 radical (unpaired) electrons. The van der Waals surface area contributed by atoms with Gasteiger partial charge in [-0.15, -0.1) is 0 Å². The second-order valence-electron chi connectivity index (χ2n) is 6.81. The number of carbonyl (C=O) groups excluding carboxylic acids is 2. The van der Waals surface area contributed by atoms with Gasteiger partial charge >= 0.3 is 5.97 Å². The van der Waals surface area contributed by atoms with Crippen molar-refractivity contribution >= 4 is 11.8 Å². The van der Waals surface area contributed by atoms with Crippen LogP contribution in [0.25, 0.3) is 0 Å².